The van der Waals surface area contributed by atoms with Crippen molar-refractivity contribution in [2.75, 3.05) is 18.9 Å². The highest BCUT2D eigenvalue weighted by Gasteiger charge is 2.55. The third-order valence-electron chi connectivity index (χ3n) is 7.28. The molecule has 0 aromatic carbocycles. The summed E-state index contributed by atoms with van der Waals surface area (Å²) in [7, 11) is -4.75. The van der Waals surface area contributed by atoms with Gasteiger partial charge in [0.2, 0.25) is 0 Å². The Morgan fingerprint density at radius 1 is 1.14 bits per heavy atom. The van der Waals surface area contributed by atoms with Gasteiger partial charge in [-0.15, -0.1) is 0 Å². The quantitative estimate of drug-likeness (QED) is 0.298. The van der Waals surface area contributed by atoms with E-state index in [2.05, 4.69) is 34.7 Å². The fourth-order valence-corrected chi connectivity index (χ4v) is 7.67. The number of nitrogens with zero attached hydrogens (tertiary/aromatic N) is 8. The first-order chi connectivity index (χ1) is 20.9. The lowest BCUT2D eigenvalue weighted by molar-refractivity contribution is -0.117. The van der Waals surface area contributed by atoms with Crippen molar-refractivity contribution >= 4 is 70.2 Å². The Labute approximate surface area is 250 Å². The molecule has 19 nitrogen and oxygen atoms in total. The second kappa shape index (κ2) is 10.8. The average Bonchev–Trinajstić information content (AvgIpc) is 3.73. The van der Waals surface area contributed by atoms with Crippen LogP contribution >= 0.6 is 6.72 Å². The zero-order valence-corrected chi connectivity index (χ0v) is 24.3. The van der Waals surface area contributed by atoms with Crippen LogP contribution in [0.25, 0.3) is 11.2 Å². The molecule has 0 spiro atoms. The van der Waals surface area contributed by atoms with Crippen molar-refractivity contribution in [1.82, 2.24) is 29.1 Å². The largest absolute Gasteiger partial charge is 0.382 e. The standard InChI is InChI=1S/C20H21F2N10O9PS2/c21-9-13-7(38-19(9)32-6-29-12-17(32)26-4-27-18(12)33)1-30-44(35,36)41-14-8(2-37-42(34,43)40-13)39-20(10(14)22)31-5-28-11-15(23)24-3-25-16(11)31/h3-10,12-14,19-20,30H,1-2H2,(H,34,43)(H2,23,24,25)/t7-,8-,9-,10-,12?,13-,14-,19-,20-,42?/m1/s1. The van der Waals surface area contributed by atoms with Crippen LogP contribution in [0.2, 0.25) is 0 Å². The van der Waals surface area contributed by atoms with Gasteiger partial charge in [-0.05, 0) is 11.8 Å². The third-order valence-corrected chi connectivity index (χ3v) is 9.84. The molecule has 7 rings (SSSR count). The Hall–Kier alpha value is -2.99. The Bertz CT molecular complexity index is 1760. The van der Waals surface area contributed by atoms with Gasteiger partial charge in [0.05, 0.1) is 19.3 Å². The number of amidine groups is 1. The van der Waals surface area contributed by atoms with E-state index in [-0.39, 0.29) is 22.8 Å². The summed E-state index contributed by atoms with van der Waals surface area (Å²) in [4.78, 5) is 47.4. The lowest BCUT2D eigenvalue weighted by atomic mass is 10.1. The molecule has 44 heavy (non-hydrogen) atoms. The van der Waals surface area contributed by atoms with Gasteiger partial charge in [-0.25, -0.2) is 32.9 Å². The number of hydrogen-bond acceptors (Lipinski definition) is 16. The van der Waals surface area contributed by atoms with Gasteiger partial charge in [-0.2, -0.15) is 18.1 Å². The number of ether oxygens (including phenoxy) is 2. The summed E-state index contributed by atoms with van der Waals surface area (Å²) in [5.41, 5.74) is 6.05. The first-order valence-electron chi connectivity index (χ1n) is 12.7. The van der Waals surface area contributed by atoms with E-state index in [0.717, 1.165) is 23.9 Å². The van der Waals surface area contributed by atoms with Crippen molar-refractivity contribution in [3.8, 4) is 0 Å². The van der Waals surface area contributed by atoms with Crippen molar-refractivity contribution in [3.05, 3.63) is 12.7 Å². The minimum atomic E-state index is -4.75. The summed E-state index contributed by atoms with van der Waals surface area (Å²) in [5, 5.41) is 0. The molecule has 0 radical (unpaired) electrons. The molecule has 10 atom stereocenters. The van der Waals surface area contributed by atoms with E-state index in [1.165, 1.54) is 10.9 Å². The van der Waals surface area contributed by atoms with Gasteiger partial charge in [0.15, 0.2) is 42.3 Å². The maximum absolute atomic E-state index is 15.9. The molecular weight excluding hydrogens is 657 g/mol. The highest BCUT2D eigenvalue weighted by atomic mass is 32.5. The summed E-state index contributed by atoms with van der Waals surface area (Å²) < 4.78 is 88.5. The molecular formula is C20H21F2N10O9PS2. The molecule has 2 aromatic heterocycles. The number of alkyl halides is 2. The maximum Gasteiger partial charge on any atom is 0.336 e. The summed E-state index contributed by atoms with van der Waals surface area (Å²) in [6.45, 7) is -5.69. The van der Waals surface area contributed by atoms with Gasteiger partial charge in [0, 0.05) is 6.54 Å². The highest BCUT2D eigenvalue weighted by molar-refractivity contribution is 8.07. The van der Waals surface area contributed by atoms with E-state index in [0.29, 0.717) is 0 Å². The van der Waals surface area contributed by atoms with Crippen LogP contribution in [0.3, 0.4) is 0 Å². The molecule has 2 unspecified atom stereocenters. The van der Waals surface area contributed by atoms with E-state index in [9.17, 15) is 18.1 Å². The number of anilines is 1. The van der Waals surface area contributed by atoms with Crippen molar-refractivity contribution in [2.45, 2.75) is 55.3 Å². The number of fused-ring (bicyclic) bond motifs is 4. The lowest BCUT2D eigenvalue weighted by Crippen LogP contribution is -2.47. The second-order valence-electron chi connectivity index (χ2n) is 9.94. The van der Waals surface area contributed by atoms with Crippen LogP contribution in [0.4, 0.5) is 14.6 Å². The van der Waals surface area contributed by atoms with E-state index in [1.807, 2.05) is 0 Å². The number of halogens is 2. The first-order valence-corrected chi connectivity index (χ1v) is 16.7. The number of amides is 1. The van der Waals surface area contributed by atoms with Crippen molar-refractivity contribution < 1.29 is 49.6 Å². The zero-order chi connectivity index (χ0) is 31.0. The monoisotopic (exact) mass is 678 g/mol. The van der Waals surface area contributed by atoms with Crippen LogP contribution in [-0.2, 0) is 49.6 Å². The molecule has 3 saturated heterocycles. The normalized spacial score (nSPS) is 40.2. The summed E-state index contributed by atoms with van der Waals surface area (Å²) in [6, 6.07) is -1.11. The number of imidazole rings is 1. The van der Waals surface area contributed by atoms with Crippen molar-refractivity contribution in [3.63, 3.8) is 0 Å². The van der Waals surface area contributed by atoms with E-state index >= 15 is 8.78 Å². The summed E-state index contributed by atoms with van der Waals surface area (Å²) >= 11 is 5.10. The third kappa shape index (κ3) is 5.11. The summed E-state index contributed by atoms with van der Waals surface area (Å²) in [5.74, 6) is -0.592. The number of rotatable bonds is 2. The molecule has 7 heterocycles. The van der Waals surface area contributed by atoms with Crippen molar-refractivity contribution in [1.29, 1.82) is 0 Å². The topological polar surface area (TPSA) is 240 Å². The van der Waals surface area contributed by atoms with E-state index in [1.54, 1.807) is 0 Å². The molecule has 24 heteroatoms. The van der Waals surface area contributed by atoms with Crippen LogP contribution in [-0.4, -0.2) is 124 Å². The zero-order valence-electron chi connectivity index (χ0n) is 21.8. The minimum Gasteiger partial charge on any atom is -0.382 e. The Balaban J connectivity index is 1.14. The van der Waals surface area contributed by atoms with Crippen LogP contribution in [0, 0.1) is 0 Å². The average molecular weight is 679 g/mol. The Morgan fingerprint density at radius 3 is 2.73 bits per heavy atom. The second-order valence-corrected chi connectivity index (χ2v) is 14.1. The number of hydrogen-bond donors (Lipinski definition) is 3. The molecule has 5 aliphatic heterocycles. The maximum atomic E-state index is 15.9. The number of carbonyl (C=O) groups is 1. The smallest absolute Gasteiger partial charge is 0.336 e. The van der Waals surface area contributed by atoms with E-state index < -0.39 is 91.3 Å². The molecule has 236 valence electrons. The fourth-order valence-electron chi connectivity index (χ4n) is 5.28. The Kier molecular flexibility index (Phi) is 7.31. The number of nitrogens with one attached hydrogen (secondary N) is 1. The van der Waals surface area contributed by atoms with Crippen molar-refractivity contribution in [2.24, 2.45) is 15.0 Å². The van der Waals surface area contributed by atoms with E-state index in [4.69, 9.17) is 40.2 Å². The molecule has 0 aliphatic carbocycles. The van der Waals surface area contributed by atoms with Gasteiger partial charge in [0.1, 0.15) is 48.4 Å². The van der Waals surface area contributed by atoms with Crippen LogP contribution in [0.5, 0.6) is 0 Å². The predicted molar refractivity (Wildman–Crippen MR) is 146 cm³/mol. The molecule has 2 aromatic rings. The number of aliphatic imine (C=N–C) groups is 3. The van der Waals surface area contributed by atoms with Gasteiger partial charge in [-0.3, -0.25) is 23.8 Å². The van der Waals surface area contributed by atoms with Crippen LogP contribution < -0.4 is 10.5 Å². The molecule has 0 saturated carbocycles. The first kappa shape index (κ1) is 29.7. The van der Waals surface area contributed by atoms with Gasteiger partial charge < -0.3 is 24.6 Å². The number of aromatic nitrogens is 4. The lowest BCUT2D eigenvalue weighted by Gasteiger charge is -2.28. The molecule has 3 fully saturated rings. The molecule has 5 aliphatic rings. The Morgan fingerprint density at radius 2 is 1.91 bits per heavy atom. The molecule has 0 bridgehead atoms. The predicted octanol–water partition coefficient (Wildman–Crippen LogP) is -1.76. The SMILES string of the molecule is Nc1ncnc2c1ncn2[C@@H]1O[C@@H]2COP(O)(=S)O[C@H]3[C@@H](F)[C@H](N4C=NC5C(=O)N=CN=C54)O[C@@H]3CNS(=O)(=O)O[C@H]2[C@H]1F. The fraction of sp³-hybridized carbons (Fsp3) is 0.550. The van der Waals surface area contributed by atoms with Crippen LogP contribution in [0.1, 0.15) is 6.23 Å². The highest BCUT2D eigenvalue weighted by Crippen LogP contribution is 2.50. The van der Waals surface area contributed by atoms with Crippen LogP contribution in [0.15, 0.2) is 27.6 Å². The molecule has 4 N–H and O–H groups in total. The number of nitrogens with two attached hydrogens (primary N) is 1. The van der Waals surface area contributed by atoms with Gasteiger partial charge in [-0.1, -0.05) is 0 Å². The van der Waals surface area contributed by atoms with Gasteiger partial charge >= 0.3 is 17.0 Å². The number of nitrogen functional groups attached to an aromatic ring is 1. The summed E-state index contributed by atoms with van der Waals surface area (Å²) in [6.07, 6.45) is -9.24. The number of carbonyl (C=O) groups excluding carboxylic acids is 1. The minimum absolute atomic E-state index is 0.0187. The van der Waals surface area contributed by atoms with Gasteiger partial charge in [0.25, 0.3) is 5.91 Å². The molecule has 1 amide bonds.